The fourth-order valence-corrected chi connectivity index (χ4v) is 1.68. The number of rotatable bonds is 4. The minimum absolute atomic E-state index is 0.0683. The Balaban J connectivity index is 3.01. The second-order valence-electron chi connectivity index (χ2n) is 3.62. The van der Waals surface area contributed by atoms with Crippen molar-refractivity contribution < 1.29 is 9.53 Å². The number of carbonyl (C=O) groups excluding carboxylic acids is 1. The molecule has 0 fully saturated rings. The Morgan fingerprint density at radius 1 is 1.50 bits per heavy atom. The first-order valence-corrected chi connectivity index (χ1v) is 5.59. The van der Waals surface area contributed by atoms with Crippen molar-refractivity contribution >= 4 is 17.5 Å². The van der Waals surface area contributed by atoms with E-state index in [0.717, 1.165) is 5.56 Å². The lowest BCUT2D eigenvalue weighted by Gasteiger charge is -2.17. The second kappa shape index (κ2) is 5.75. The maximum absolute atomic E-state index is 12.1. The maximum Gasteiger partial charge on any atom is 0.257 e. The molecular formula is C12H16ClNO2. The van der Waals surface area contributed by atoms with Gasteiger partial charge in [-0.1, -0.05) is 11.6 Å². The highest BCUT2D eigenvalue weighted by Crippen LogP contribution is 2.20. The van der Waals surface area contributed by atoms with Gasteiger partial charge in [0.25, 0.3) is 5.91 Å². The molecule has 1 amide bonds. The van der Waals surface area contributed by atoms with E-state index in [0.29, 0.717) is 23.7 Å². The van der Waals surface area contributed by atoms with Gasteiger partial charge in [0.1, 0.15) is 5.75 Å². The zero-order valence-electron chi connectivity index (χ0n) is 9.79. The summed E-state index contributed by atoms with van der Waals surface area (Å²) in [6, 6.07) is 5.54. The Labute approximate surface area is 101 Å². The summed E-state index contributed by atoms with van der Waals surface area (Å²) in [5.41, 5.74) is 1.61. The zero-order chi connectivity index (χ0) is 12.1. The third-order valence-electron chi connectivity index (χ3n) is 2.35. The van der Waals surface area contributed by atoms with Crippen LogP contribution in [0.15, 0.2) is 18.2 Å². The Morgan fingerprint density at radius 3 is 2.75 bits per heavy atom. The second-order valence-corrected chi connectivity index (χ2v) is 4.00. The van der Waals surface area contributed by atoms with Gasteiger partial charge in [-0.2, -0.15) is 0 Å². The highest BCUT2D eigenvalue weighted by Gasteiger charge is 2.16. The van der Waals surface area contributed by atoms with Crippen LogP contribution in [0.1, 0.15) is 15.9 Å². The van der Waals surface area contributed by atoms with Gasteiger partial charge in [0, 0.05) is 19.5 Å². The van der Waals surface area contributed by atoms with Crippen LogP contribution in [0.4, 0.5) is 0 Å². The van der Waals surface area contributed by atoms with Crippen LogP contribution < -0.4 is 4.74 Å². The fraction of sp³-hybridized carbons (Fsp3) is 0.417. The lowest BCUT2D eigenvalue weighted by atomic mass is 10.1. The van der Waals surface area contributed by atoms with Gasteiger partial charge in [0.15, 0.2) is 0 Å². The zero-order valence-corrected chi connectivity index (χ0v) is 10.5. The number of amides is 1. The molecule has 1 rings (SSSR count). The van der Waals surface area contributed by atoms with Crippen LogP contribution in [0.25, 0.3) is 0 Å². The molecular weight excluding hydrogens is 226 g/mol. The van der Waals surface area contributed by atoms with Crippen LogP contribution in [0.2, 0.25) is 0 Å². The molecule has 0 heterocycles. The number of methoxy groups -OCH3 is 1. The Hall–Kier alpha value is -1.22. The number of nitrogens with zero attached hydrogens (tertiary/aromatic N) is 1. The first-order valence-electron chi connectivity index (χ1n) is 5.06. The van der Waals surface area contributed by atoms with Gasteiger partial charge in [-0.25, -0.2) is 0 Å². The summed E-state index contributed by atoms with van der Waals surface area (Å²) in [5.74, 6) is 0.953. The average molecular weight is 242 g/mol. The van der Waals surface area contributed by atoms with Crippen molar-refractivity contribution in [3.05, 3.63) is 29.3 Å². The molecule has 0 aliphatic heterocycles. The van der Waals surface area contributed by atoms with E-state index in [4.69, 9.17) is 16.3 Å². The summed E-state index contributed by atoms with van der Waals surface area (Å²) in [5, 5.41) is 0. The molecule has 3 nitrogen and oxygen atoms in total. The first kappa shape index (κ1) is 12.8. The minimum atomic E-state index is -0.0683. The van der Waals surface area contributed by atoms with Crippen molar-refractivity contribution in [2.24, 2.45) is 0 Å². The number of ether oxygens (including phenoxy) is 1. The third-order valence-corrected chi connectivity index (χ3v) is 2.52. The van der Waals surface area contributed by atoms with Crippen molar-refractivity contribution in [1.29, 1.82) is 0 Å². The number of hydrogen-bond acceptors (Lipinski definition) is 2. The molecule has 0 saturated heterocycles. The predicted molar refractivity (Wildman–Crippen MR) is 65.4 cm³/mol. The molecule has 0 aromatic heterocycles. The lowest BCUT2D eigenvalue weighted by molar-refractivity contribution is 0.0800. The Kier molecular flexibility index (Phi) is 4.62. The molecule has 16 heavy (non-hydrogen) atoms. The van der Waals surface area contributed by atoms with Crippen LogP contribution in [0, 0.1) is 6.92 Å². The van der Waals surface area contributed by atoms with Gasteiger partial charge in [0.2, 0.25) is 0 Å². The van der Waals surface area contributed by atoms with E-state index in [2.05, 4.69) is 0 Å². The summed E-state index contributed by atoms with van der Waals surface area (Å²) in [4.78, 5) is 13.6. The van der Waals surface area contributed by atoms with Gasteiger partial charge in [-0.15, -0.1) is 11.6 Å². The molecule has 1 aromatic rings. The number of alkyl halides is 1. The molecule has 0 unspecified atom stereocenters. The highest BCUT2D eigenvalue weighted by atomic mass is 35.5. The summed E-state index contributed by atoms with van der Waals surface area (Å²) < 4.78 is 5.17. The monoisotopic (exact) mass is 241 g/mol. The van der Waals surface area contributed by atoms with Crippen molar-refractivity contribution in [1.82, 2.24) is 4.90 Å². The quantitative estimate of drug-likeness (QED) is 0.758. The molecule has 0 aliphatic carbocycles. The molecule has 0 saturated carbocycles. The van der Waals surface area contributed by atoms with Crippen LogP contribution in [-0.4, -0.2) is 37.4 Å². The largest absolute Gasteiger partial charge is 0.496 e. The van der Waals surface area contributed by atoms with E-state index in [9.17, 15) is 4.79 Å². The normalized spacial score (nSPS) is 10.0. The molecule has 88 valence electrons. The van der Waals surface area contributed by atoms with Gasteiger partial charge in [0.05, 0.1) is 12.7 Å². The Morgan fingerprint density at radius 2 is 2.19 bits per heavy atom. The number of benzene rings is 1. The number of aryl methyl sites for hydroxylation is 1. The Bertz CT molecular complexity index is 379. The van der Waals surface area contributed by atoms with Crippen LogP contribution in [-0.2, 0) is 0 Å². The molecule has 0 spiro atoms. The van der Waals surface area contributed by atoms with Crippen molar-refractivity contribution in [2.75, 3.05) is 26.6 Å². The fourth-order valence-electron chi connectivity index (χ4n) is 1.42. The van der Waals surface area contributed by atoms with E-state index in [1.807, 2.05) is 19.1 Å². The standard InChI is InChI=1S/C12H16ClNO2/c1-9-4-5-11(16-3)10(8-9)12(15)14(2)7-6-13/h4-5,8H,6-7H2,1-3H3. The molecule has 4 heteroatoms. The predicted octanol–water partition coefficient (Wildman–Crippen LogP) is 2.31. The number of carbonyl (C=O) groups is 1. The minimum Gasteiger partial charge on any atom is -0.496 e. The van der Waals surface area contributed by atoms with E-state index < -0.39 is 0 Å². The van der Waals surface area contributed by atoms with E-state index in [1.54, 1.807) is 25.1 Å². The molecule has 1 aromatic carbocycles. The summed E-state index contributed by atoms with van der Waals surface area (Å²) in [6.45, 7) is 2.47. The molecule has 0 atom stereocenters. The van der Waals surface area contributed by atoms with E-state index in [1.165, 1.54) is 0 Å². The highest BCUT2D eigenvalue weighted by molar-refractivity contribution is 6.18. The van der Waals surface area contributed by atoms with Crippen LogP contribution in [0.5, 0.6) is 5.75 Å². The summed E-state index contributed by atoms with van der Waals surface area (Å²) in [7, 11) is 3.29. The van der Waals surface area contributed by atoms with Gasteiger partial charge in [-0.05, 0) is 19.1 Å². The molecule has 0 aliphatic rings. The molecule has 0 N–H and O–H groups in total. The van der Waals surface area contributed by atoms with Gasteiger partial charge in [-0.3, -0.25) is 4.79 Å². The van der Waals surface area contributed by atoms with Crippen molar-refractivity contribution in [2.45, 2.75) is 6.92 Å². The SMILES string of the molecule is COc1ccc(C)cc1C(=O)N(C)CCCl. The van der Waals surface area contributed by atoms with Gasteiger partial charge < -0.3 is 9.64 Å². The maximum atomic E-state index is 12.1. The van der Waals surface area contributed by atoms with Crippen molar-refractivity contribution in [3.63, 3.8) is 0 Å². The number of halogens is 1. The summed E-state index contributed by atoms with van der Waals surface area (Å²) >= 11 is 5.61. The molecule has 0 bridgehead atoms. The van der Waals surface area contributed by atoms with Gasteiger partial charge >= 0.3 is 0 Å². The van der Waals surface area contributed by atoms with E-state index in [-0.39, 0.29) is 5.91 Å². The average Bonchev–Trinajstić information content (AvgIpc) is 2.28. The topological polar surface area (TPSA) is 29.5 Å². The number of hydrogen-bond donors (Lipinski definition) is 0. The van der Waals surface area contributed by atoms with Crippen molar-refractivity contribution in [3.8, 4) is 5.75 Å². The smallest absolute Gasteiger partial charge is 0.257 e. The van der Waals surface area contributed by atoms with E-state index >= 15 is 0 Å². The third kappa shape index (κ3) is 2.89. The molecule has 0 radical (unpaired) electrons. The first-order chi connectivity index (χ1) is 7.60. The summed E-state index contributed by atoms with van der Waals surface area (Å²) in [6.07, 6.45) is 0. The van der Waals surface area contributed by atoms with Crippen LogP contribution in [0.3, 0.4) is 0 Å². The lowest BCUT2D eigenvalue weighted by Crippen LogP contribution is -2.28. The van der Waals surface area contributed by atoms with Crippen LogP contribution >= 0.6 is 11.6 Å².